The van der Waals surface area contributed by atoms with Crippen LogP contribution in [0.1, 0.15) is 34.6 Å². The maximum absolute atomic E-state index is 12.0. The van der Waals surface area contributed by atoms with E-state index in [1.54, 1.807) is 62.4 Å². The summed E-state index contributed by atoms with van der Waals surface area (Å²) in [6, 6.07) is 17.2. The third-order valence-corrected chi connectivity index (χ3v) is 4.23. The Morgan fingerprint density at radius 2 is 1.04 bits per heavy atom. The van der Waals surface area contributed by atoms with Gasteiger partial charge >= 0.3 is 11.9 Å². The quantitative estimate of drug-likeness (QED) is 0.422. The van der Waals surface area contributed by atoms with E-state index in [2.05, 4.69) is 10.6 Å². The highest BCUT2D eigenvalue weighted by Gasteiger charge is 2.17. The summed E-state index contributed by atoms with van der Waals surface area (Å²) in [7, 11) is 0. The van der Waals surface area contributed by atoms with E-state index >= 15 is 0 Å². The number of thiocarbonyl (C=S) groups is 2. The SMILES string of the molecule is CC(NC(=S)C(=S)NC(C)OC(=O)c1ccccc1)OC(=O)c1ccccc1. The van der Waals surface area contributed by atoms with Crippen LogP contribution in [0.5, 0.6) is 0 Å². The van der Waals surface area contributed by atoms with Crippen molar-refractivity contribution in [1.82, 2.24) is 10.6 Å². The number of carbonyl (C=O) groups is 2. The summed E-state index contributed by atoms with van der Waals surface area (Å²) < 4.78 is 10.5. The molecule has 0 bridgehead atoms. The molecule has 2 aromatic rings. The first-order chi connectivity index (χ1) is 13.4. The lowest BCUT2D eigenvalue weighted by Crippen LogP contribution is -2.46. The van der Waals surface area contributed by atoms with Gasteiger partial charge in [-0.1, -0.05) is 60.8 Å². The van der Waals surface area contributed by atoms with Crippen LogP contribution in [0.3, 0.4) is 0 Å². The summed E-state index contributed by atoms with van der Waals surface area (Å²) in [6.07, 6.45) is -1.38. The molecule has 0 aliphatic rings. The molecule has 0 spiro atoms. The van der Waals surface area contributed by atoms with Crippen molar-refractivity contribution in [3.05, 3.63) is 71.8 Å². The Morgan fingerprint density at radius 1 is 0.714 bits per heavy atom. The van der Waals surface area contributed by atoms with Crippen molar-refractivity contribution in [2.45, 2.75) is 26.3 Å². The molecule has 2 atom stereocenters. The lowest BCUT2D eigenvalue weighted by Gasteiger charge is -2.20. The molecule has 0 radical (unpaired) electrons. The smallest absolute Gasteiger partial charge is 0.340 e. The van der Waals surface area contributed by atoms with Crippen molar-refractivity contribution in [1.29, 1.82) is 0 Å². The Labute approximate surface area is 174 Å². The minimum Gasteiger partial charge on any atom is -0.438 e. The summed E-state index contributed by atoms with van der Waals surface area (Å²) in [5.41, 5.74) is 0.869. The molecule has 0 amide bonds. The van der Waals surface area contributed by atoms with Crippen LogP contribution < -0.4 is 10.6 Å². The highest BCUT2D eigenvalue weighted by Crippen LogP contribution is 2.04. The highest BCUT2D eigenvalue weighted by atomic mass is 32.1. The predicted molar refractivity (Wildman–Crippen MR) is 114 cm³/mol. The van der Waals surface area contributed by atoms with Crippen LogP contribution in [0.15, 0.2) is 60.7 Å². The second kappa shape index (κ2) is 10.5. The molecule has 0 heterocycles. The van der Waals surface area contributed by atoms with Crippen LogP contribution in [-0.2, 0) is 9.47 Å². The summed E-state index contributed by atoms with van der Waals surface area (Å²) in [5, 5.41) is 5.63. The summed E-state index contributed by atoms with van der Waals surface area (Å²) in [4.78, 5) is 24.4. The number of carbonyl (C=O) groups excluding carboxylic acids is 2. The lowest BCUT2D eigenvalue weighted by atomic mass is 10.2. The molecule has 2 unspecified atom stereocenters. The van der Waals surface area contributed by atoms with Crippen molar-refractivity contribution in [2.24, 2.45) is 0 Å². The first-order valence-electron chi connectivity index (χ1n) is 8.50. The fourth-order valence-electron chi connectivity index (χ4n) is 2.16. The average Bonchev–Trinajstić information content (AvgIpc) is 2.68. The molecule has 28 heavy (non-hydrogen) atoms. The number of benzene rings is 2. The Morgan fingerprint density at radius 3 is 1.36 bits per heavy atom. The highest BCUT2D eigenvalue weighted by molar-refractivity contribution is 7.89. The summed E-state index contributed by atoms with van der Waals surface area (Å²) in [6.45, 7) is 3.27. The number of rotatable bonds is 6. The van der Waals surface area contributed by atoms with Crippen molar-refractivity contribution in [2.75, 3.05) is 0 Å². The van der Waals surface area contributed by atoms with E-state index in [9.17, 15) is 9.59 Å². The molecule has 0 saturated heterocycles. The van der Waals surface area contributed by atoms with Crippen LogP contribution in [0.4, 0.5) is 0 Å². The zero-order chi connectivity index (χ0) is 20.5. The fraction of sp³-hybridized carbons (Fsp3) is 0.200. The Balaban J connectivity index is 1.79. The second-order valence-corrected chi connectivity index (χ2v) is 6.59. The van der Waals surface area contributed by atoms with Gasteiger partial charge in [0.15, 0.2) is 12.5 Å². The van der Waals surface area contributed by atoms with Crippen molar-refractivity contribution in [3.63, 3.8) is 0 Å². The van der Waals surface area contributed by atoms with Gasteiger partial charge in [-0.3, -0.25) is 0 Å². The minimum absolute atomic E-state index is 0.172. The van der Waals surface area contributed by atoms with E-state index in [1.807, 2.05) is 12.1 Å². The van der Waals surface area contributed by atoms with Gasteiger partial charge in [0.25, 0.3) is 0 Å². The molecule has 0 saturated carbocycles. The van der Waals surface area contributed by atoms with Gasteiger partial charge in [-0.05, 0) is 38.1 Å². The van der Waals surface area contributed by atoms with Crippen LogP contribution in [0.25, 0.3) is 0 Å². The molecule has 0 aliphatic carbocycles. The van der Waals surface area contributed by atoms with Gasteiger partial charge in [-0.25, -0.2) is 9.59 Å². The number of hydrogen-bond donors (Lipinski definition) is 2. The second-order valence-electron chi connectivity index (χ2n) is 5.77. The Kier molecular flexibility index (Phi) is 8.03. The van der Waals surface area contributed by atoms with E-state index in [1.165, 1.54) is 0 Å². The van der Waals surface area contributed by atoms with Gasteiger partial charge < -0.3 is 20.1 Å². The van der Waals surface area contributed by atoms with Gasteiger partial charge in [-0.2, -0.15) is 0 Å². The van der Waals surface area contributed by atoms with E-state index in [4.69, 9.17) is 33.9 Å². The standard InChI is InChI=1S/C20H20N2O4S2/c1-13(25-19(23)15-9-5-3-6-10-15)21-17(27)18(28)22-14(2)26-20(24)16-11-7-4-8-12-16/h3-14H,1-2H3,(H,21,27)(H,22,28). The molecular formula is C20H20N2O4S2. The van der Waals surface area contributed by atoms with Gasteiger partial charge in [0.1, 0.15) is 9.98 Å². The van der Waals surface area contributed by atoms with E-state index in [0.717, 1.165) is 0 Å². The van der Waals surface area contributed by atoms with Crippen LogP contribution in [0.2, 0.25) is 0 Å². The number of ether oxygens (including phenoxy) is 2. The van der Waals surface area contributed by atoms with Gasteiger partial charge in [0.2, 0.25) is 0 Å². The molecule has 2 aromatic carbocycles. The molecule has 8 heteroatoms. The first kappa shape index (κ1) is 21.5. The number of nitrogens with one attached hydrogen (secondary N) is 2. The third kappa shape index (κ3) is 6.71. The normalized spacial score (nSPS) is 12.2. The molecule has 0 fully saturated rings. The zero-order valence-electron chi connectivity index (χ0n) is 15.4. The Bertz CT molecular complexity index is 772. The first-order valence-corrected chi connectivity index (χ1v) is 9.32. The number of esters is 2. The Hall–Kier alpha value is -2.84. The summed E-state index contributed by atoms with van der Waals surface area (Å²) >= 11 is 10.4. The van der Waals surface area contributed by atoms with Gasteiger partial charge in [0.05, 0.1) is 11.1 Å². The fourth-order valence-corrected chi connectivity index (χ4v) is 2.61. The maximum atomic E-state index is 12.0. The minimum atomic E-state index is -0.692. The molecular weight excluding hydrogens is 396 g/mol. The largest absolute Gasteiger partial charge is 0.438 e. The molecule has 146 valence electrons. The van der Waals surface area contributed by atoms with Crippen molar-refractivity contribution in [3.8, 4) is 0 Å². The van der Waals surface area contributed by atoms with E-state index < -0.39 is 24.4 Å². The van der Waals surface area contributed by atoms with Gasteiger partial charge in [0, 0.05) is 0 Å². The van der Waals surface area contributed by atoms with Gasteiger partial charge in [-0.15, -0.1) is 0 Å². The van der Waals surface area contributed by atoms with E-state index in [0.29, 0.717) is 11.1 Å². The van der Waals surface area contributed by atoms with E-state index in [-0.39, 0.29) is 9.98 Å². The summed E-state index contributed by atoms with van der Waals surface area (Å²) in [5.74, 6) is -0.958. The zero-order valence-corrected chi connectivity index (χ0v) is 17.0. The van der Waals surface area contributed by atoms with Crippen LogP contribution >= 0.6 is 24.4 Å². The van der Waals surface area contributed by atoms with Crippen molar-refractivity contribution < 1.29 is 19.1 Å². The lowest BCUT2D eigenvalue weighted by molar-refractivity contribution is 0.0296. The van der Waals surface area contributed by atoms with Crippen LogP contribution in [-0.4, -0.2) is 34.4 Å². The maximum Gasteiger partial charge on any atom is 0.340 e. The monoisotopic (exact) mass is 416 g/mol. The molecule has 6 nitrogen and oxygen atoms in total. The topological polar surface area (TPSA) is 76.7 Å². The van der Waals surface area contributed by atoms with Crippen LogP contribution in [0, 0.1) is 0 Å². The predicted octanol–water partition coefficient (Wildman–Crippen LogP) is 3.23. The third-order valence-electron chi connectivity index (χ3n) is 3.46. The molecule has 2 N–H and O–H groups in total. The number of hydrogen-bond acceptors (Lipinski definition) is 6. The molecule has 0 aliphatic heterocycles. The average molecular weight is 417 g/mol. The molecule has 0 aromatic heterocycles. The molecule has 2 rings (SSSR count). The van der Waals surface area contributed by atoms with Crippen molar-refractivity contribution >= 4 is 46.4 Å².